The van der Waals surface area contributed by atoms with E-state index >= 15 is 0 Å². The van der Waals surface area contributed by atoms with Crippen molar-refractivity contribution in [2.24, 2.45) is 0 Å². The number of hydrogen-bond donors (Lipinski definition) is 0. The van der Waals surface area contributed by atoms with Gasteiger partial charge in [-0.1, -0.05) is 24.3 Å². The first-order valence-electron chi connectivity index (χ1n) is 4.24. The smallest absolute Gasteiger partial charge is 0.00824 e. The third-order valence-corrected chi connectivity index (χ3v) is 2.69. The van der Waals surface area contributed by atoms with Crippen LogP contribution in [-0.4, -0.2) is 0 Å². The van der Waals surface area contributed by atoms with Crippen LogP contribution in [0.3, 0.4) is 0 Å². The SMILES string of the molecule is C1=C2C=C3CC=C3C=C1CC2. The van der Waals surface area contributed by atoms with Gasteiger partial charge in [-0.05, 0) is 41.6 Å². The maximum atomic E-state index is 2.37. The molecule has 0 radical (unpaired) electrons. The van der Waals surface area contributed by atoms with Crippen LogP contribution in [0.25, 0.3) is 0 Å². The molecule has 0 aromatic rings. The second-order valence-electron chi connectivity index (χ2n) is 3.47. The quantitative estimate of drug-likeness (QED) is 0.488. The molecule has 3 rings (SSSR count). The van der Waals surface area contributed by atoms with Crippen LogP contribution < -0.4 is 0 Å². The molecule has 0 saturated carbocycles. The van der Waals surface area contributed by atoms with Gasteiger partial charge >= 0.3 is 0 Å². The average Bonchev–Trinajstić information content (AvgIpc) is 2.37. The molecule has 0 unspecified atom stereocenters. The number of fused-ring (bicyclic) bond motifs is 2. The standard InChI is InChI=1S/C11H10/c1-2-9-5-8(1)6-10-3-4-11(10)7-9/h3,5-7H,1-2,4H2. The molecular formula is C11H10. The molecule has 54 valence electrons. The molecule has 11 heavy (non-hydrogen) atoms. The number of rotatable bonds is 0. The lowest BCUT2D eigenvalue weighted by atomic mass is 9.88. The molecule has 0 heterocycles. The zero-order valence-corrected chi connectivity index (χ0v) is 6.43. The summed E-state index contributed by atoms with van der Waals surface area (Å²) in [5, 5.41) is 0. The highest BCUT2D eigenvalue weighted by molar-refractivity contribution is 5.58. The Bertz CT molecular complexity index is 335. The Balaban J connectivity index is 2.20. The molecule has 0 aromatic heterocycles. The van der Waals surface area contributed by atoms with Gasteiger partial charge in [-0.25, -0.2) is 0 Å². The second kappa shape index (κ2) is 1.76. The van der Waals surface area contributed by atoms with E-state index in [1.165, 1.54) is 36.0 Å². The molecule has 0 nitrogen and oxygen atoms in total. The molecule has 0 saturated heterocycles. The zero-order valence-electron chi connectivity index (χ0n) is 6.43. The van der Waals surface area contributed by atoms with Gasteiger partial charge in [0.05, 0.1) is 0 Å². The van der Waals surface area contributed by atoms with Crippen LogP contribution in [0.5, 0.6) is 0 Å². The number of hydrogen-bond acceptors (Lipinski definition) is 0. The predicted octanol–water partition coefficient (Wildman–Crippen LogP) is 2.90. The van der Waals surface area contributed by atoms with Gasteiger partial charge in [0, 0.05) is 0 Å². The van der Waals surface area contributed by atoms with Crippen molar-refractivity contribution in [1.82, 2.24) is 0 Å². The Morgan fingerprint density at radius 3 is 2.45 bits per heavy atom. The lowest BCUT2D eigenvalue weighted by molar-refractivity contribution is 0.999. The average molecular weight is 142 g/mol. The fourth-order valence-corrected chi connectivity index (χ4v) is 1.95. The third-order valence-electron chi connectivity index (χ3n) is 2.69. The van der Waals surface area contributed by atoms with Gasteiger partial charge < -0.3 is 0 Å². The summed E-state index contributed by atoms with van der Waals surface area (Å²) < 4.78 is 0. The Kier molecular flexibility index (Phi) is 0.894. The first kappa shape index (κ1) is 5.59. The second-order valence-corrected chi connectivity index (χ2v) is 3.47. The van der Waals surface area contributed by atoms with Gasteiger partial charge in [-0.2, -0.15) is 0 Å². The van der Waals surface area contributed by atoms with E-state index in [-0.39, 0.29) is 0 Å². The van der Waals surface area contributed by atoms with Gasteiger partial charge in [0.15, 0.2) is 0 Å². The van der Waals surface area contributed by atoms with E-state index in [0.717, 1.165) is 0 Å². The lowest BCUT2D eigenvalue weighted by Gasteiger charge is -2.17. The molecule has 0 fully saturated rings. The van der Waals surface area contributed by atoms with Gasteiger partial charge in [0.1, 0.15) is 0 Å². The van der Waals surface area contributed by atoms with Crippen molar-refractivity contribution >= 4 is 0 Å². The van der Waals surface area contributed by atoms with Crippen LogP contribution in [-0.2, 0) is 0 Å². The highest BCUT2D eigenvalue weighted by Crippen LogP contribution is 2.37. The van der Waals surface area contributed by atoms with E-state index < -0.39 is 0 Å². The minimum Gasteiger partial charge on any atom is -0.0725 e. The van der Waals surface area contributed by atoms with E-state index in [1.54, 1.807) is 5.57 Å². The molecule has 0 amide bonds. The van der Waals surface area contributed by atoms with Crippen molar-refractivity contribution in [2.45, 2.75) is 19.3 Å². The maximum absolute atomic E-state index is 2.37. The fraction of sp³-hybridized carbons (Fsp3) is 0.273. The highest BCUT2D eigenvalue weighted by Gasteiger charge is 2.18. The van der Waals surface area contributed by atoms with Crippen molar-refractivity contribution in [1.29, 1.82) is 0 Å². The van der Waals surface area contributed by atoms with E-state index in [1.807, 2.05) is 0 Å². The summed E-state index contributed by atoms with van der Waals surface area (Å²) in [6.07, 6.45) is 13.1. The summed E-state index contributed by atoms with van der Waals surface area (Å²) in [5.74, 6) is 0. The summed E-state index contributed by atoms with van der Waals surface area (Å²) in [5.41, 5.74) is 6.09. The van der Waals surface area contributed by atoms with Gasteiger partial charge in [-0.3, -0.25) is 0 Å². The minimum absolute atomic E-state index is 1.19. The molecule has 0 spiro atoms. The van der Waals surface area contributed by atoms with Crippen LogP contribution in [0, 0.1) is 0 Å². The Labute approximate surface area is 66.6 Å². The van der Waals surface area contributed by atoms with Crippen LogP contribution in [0.15, 0.2) is 46.6 Å². The third kappa shape index (κ3) is 0.697. The Hall–Kier alpha value is -1.04. The molecule has 0 N–H and O–H groups in total. The van der Waals surface area contributed by atoms with Crippen molar-refractivity contribution in [3.8, 4) is 0 Å². The summed E-state index contributed by atoms with van der Waals surface area (Å²) in [6, 6.07) is 0. The molecule has 0 aliphatic heterocycles. The van der Waals surface area contributed by atoms with Crippen LogP contribution >= 0.6 is 0 Å². The zero-order chi connectivity index (χ0) is 7.26. The highest BCUT2D eigenvalue weighted by atomic mass is 14.2. The van der Waals surface area contributed by atoms with E-state index in [0.29, 0.717) is 0 Å². The molecule has 3 aliphatic carbocycles. The lowest BCUT2D eigenvalue weighted by Crippen LogP contribution is -1.98. The van der Waals surface area contributed by atoms with Crippen LogP contribution in [0.2, 0.25) is 0 Å². The Morgan fingerprint density at radius 1 is 0.909 bits per heavy atom. The van der Waals surface area contributed by atoms with Gasteiger partial charge in [-0.15, -0.1) is 0 Å². The topological polar surface area (TPSA) is 0 Å². The monoisotopic (exact) mass is 142 g/mol. The maximum Gasteiger partial charge on any atom is -0.00824 e. The van der Waals surface area contributed by atoms with E-state index in [4.69, 9.17) is 0 Å². The first-order valence-corrected chi connectivity index (χ1v) is 4.24. The van der Waals surface area contributed by atoms with Crippen LogP contribution in [0.4, 0.5) is 0 Å². The van der Waals surface area contributed by atoms with Crippen LogP contribution in [0.1, 0.15) is 19.3 Å². The molecule has 0 atom stereocenters. The summed E-state index contributed by atoms with van der Waals surface area (Å²) in [4.78, 5) is 0. The Morgan fingerprint density at radius 2 is 1.73 bits per heavy atom. The van der Waals surface area contributed by atoms with Gasteiger partial charge in [0.2, 0.25) is 0 Å². The molecule has 0 aromatic carbocycles. The van der Waals surface area contributed by atoms with E-state index in [9.17, 15) is 0 Å². The summed E-state index contributed by atoms with van der Waals surface area (Å²) in [6.45, 7) is 0. The molecule has 2 bridgehead atoms. The predicted molar refractivity (Wildman–Crippen MR) is 46.2 cm³/mol. The molecular weight excluding hydrogens is 132 g/mol. The minimum atomic E-state index is 1.19. The largest absolute Gasteiger partial charge is 0.0725 e. The number of allylic oxidation sites excluding steroid dienone is 8. The summed E-state index contributed by atoms with van der Waals surface area (Å²) in [7, 11) is 0. The van der Waals surface area contributed by atoms with Crippen molar-refractivity contribution in [2.75, 3.05) is 0 Å². The molecule has 0 heteroatoms. The van der Waals surface area contributed by atoms with Crippen molar-refractivity contribution in [3.63, 3.8) is 0 Å². The van der Waals surface area contributed by atoms with Crippen molar-refractivity contribution in [3.05, 3.63) is 46.6 Å². The van der Waals surface area contributed by atoms with E-state index in [2.05, 4.69) is 24.3 Å². The van der Waals surface area contributed by atoms with Crippen molar-refractivity contribution < 1.29 is 0 Å². The first-order chi connectivity index (χ1) is 5.42. The molecule has 3 aliphatic rings. The summed E-state index contributed by atoms with van der Waals surface area (Å²) >= 11 is 0. The fourth-order valence-electron chi connectivity index (χ4n) is 1.95. The normalized spacial score (nSPS) is 25.5. The van der Waals surface area contributed by atoms with Gasteiger partial charge in [0.25, 0.3) is 0 Å².